The van der Waals surface area contributed by atoms with E-state index in [1.165, 1.54) is 0 Å². The van der Waals surface area contributed by atoms with Crippen molar-refractivity contribution >= 4 is 9.84 Å². The fourth-order valence-corrected chi connectivity index (χ4v) is 3.02. The van der Waals surface area contributed by atoms with Crippen molar-refractivity contribution in [1.29, 1.82) is 0 Å². The van der Waals surface area contributed by atoms with E-state index in [0.29, 0.717) is 30.8 Å². The summed E-state index contributed by atoms with van der Waals surface area (Å²) in [5, 5.41) is 0. The molecule has 0 aromatic heterocycles. The van der Waals surface area contributed by atoms with Gasteiger partial charge in [0.15, 0.2) is 11.5 Å². The maximum Gasteiger partial charge on any atom is 0.160 e. The molecule has 0 aliphatic rings. The highest BCUT2D eigenvalue weighted by atomic mass is 32.2. The van der Waals surface area contributed by atoms with Gasteiger partial charge in [0, 0.05) is 11.8 Å². The minimum Gasteiger partial charge on any atom is -0.493 e. The molecule has 0 aliphatic carbocycles. The van der Waals surface area contributed by atoms with Crippen LogP contribution in [0.15, 0.2) is 18.2 Å². The topological polar surface area (TPSA) is 78.6 Å². The normalized spacial score (nSPS) is 13.0. The summed E-state index contributed by atoms with van der Waals surface area (Å²) in [6.07, 6.45) is 1.98. The van der Waals surface area contributed by atoms with Crippen molar-refractivity contribution in [2.24, 2.45) is 5.73 Å². The predicted molar refractivity (Wildman–Crippen MR) is 84.8 cm³/mol. The van der Waals surface area contributed by atoms with Gasteiger partial charge in [0.1, 0.15) is 9.84 Å². The Morgan fingerprint density at radius 3 is 2.43 bits per heavy atom. The van der Waals surface area contributed by atoms with Gasteiger partial charge in [-0.2, -0.15) is 0 Å². The monoisotopic (exact) mass is 315 g/mol. The Balaban J connectivity index is 2.53. The van der Waals surface area contributed by atoms with E-state index in [2.05, 4.69) is 0 Å². The first-order valence-electron chi connectivity index (χ1n) is 7.08. The van der Waals surface area contributed by atoms with E-state index in [9.17, 15) is 8.42 Å². The summed E-state index contributed by atoms with van der Waals surface area (Å²) >= 11 is 0. The Morgan fingerprint density at radius 1 is 1.19 bits per heavy atom. The lowest BCUT2D eigenvalue weighted by atomic mass is 10.0. The van der Waals surface area contributed by atoms with Gasteiger partial charge in [0.2, 0.25) is 0 Å². The van der Waals surface area contributed by atoms with Crippen LogP contribution in [0.2, 0.25) is 0 Å². The van der Waals surface area contributed by atoms with E-state index in [1.807, 2.05) is 18.2 Å². The van der Waals surface area contributed by atoms with Crippen LogP contribution in [-0.2, 0) is 16.3 Å². The van der Waals surface area contributed by atoms with Crippen molar-refractivity contribution in [3.8, 4) is 11.5 Å². The molecule has 1 aromatic carbocycles. The van der Waals surface area contributed by atoms with Crippen LogP contribution in [0.1, 0.15) is 25.3 Å². The fraction of sp³-hybridized carbons (Fsp3) is 0.600. The van der Waals surface area contributed by atoms with Crippen molar-refractivity contribution < 1.29 is 17.9 Å². The van der Waals surface area contributed by atoms with Gasteiger partial charge in [-0.3, -0.25) is 0 Å². The molecule has 1 rings (SSSR count). The zero-order chi connectivity index (χ0) is 15.9. The SMILES string of the molecule is CCS(=O)(=O)CCCC(N)Cc1ccc(OC)c(OC)c1. The summed E-state index contributed by atoms with van der Waals surface area (Å²) in [6, 6.07) is 5.64. The van der Waals surface area contributed by atoms with Crippen LogP contribution in [0.4, 0.5) is 0 Å². The first kappa shape index (κ1) is 17.8. The Hall–Kier alpha value is -1.27. The summed E-state index contributed by atoms with van der Waals surface area (Å²) in [5.41, 5.74) is 7.13. The molecule has 0 radical (unpaired) electrons. The highest BCUT2D eigenvalue weighted by Crippen LogP contribution is 2.28. The molecule has 0 bridgehead atoms. The lowest BCUT2D eigenvalue weighted by Gasteiger charge is -2.14. The van der Waals surface area contributed by atoms with Crippen LogP contribution in [0.5, 0.6) is 11.5 Å². The Morgan fingerprint density at radius 2 is 1.86 bits per heavy atom. The molecule has 6 heteroatoms. The van der Waals surface area contributed by atoms with Gasteiger partial charge in [-0.25, -0.2) is 8.42 Å². The molecule has 1 aromatic rings. The third-order valence-corrected chi connectivity index (χ3v) is 5.21. The molecule has 120 valence electrons. The second kappa shape index (κ2) is 8.24. The van der Waals surface area contributed by atoms with Crippen LogP contribution in [0, 0.1) is 0 Å². The van der Waals surface area contributed by atoms with E-state index < -0.39 is 9.84 Å². The molecular formula is C15H25NO4S. The molecule has 0 saturated carbocycles. The molecule has 2 N–H and O–H groups in total. The average molecular weight is 315 g/mol. The lowest BCUT2D eigenvalue weighted by Crippen LogP contribution is -2.24. The summed E-state index contributed by atoms with van der Waals surface area (Å²) in [7, 11) is 0.289. The third-order valence-electron chi connectivity index (χ3n) is 3.42. The van der Waals surface area contributed by atoms with E-state index >= 15 is 0 Å². The number of methoxy groups -OCH3 is 2. The molecule has 0 fully saturated rings. The largest absolute Gasteiger partial charge is 0.493 e. The summed E-state index contributed by atoms with van der Waals surface area (Å²) in [6.45, 7) is 1.67. The van der Waals surface area contributed by atoms with Gasteiger partial charge >= 0.3 is 0 Å². The van der Waals surface area contributed by atoms with Crippen LogP contribution < -0.4 is 15.2 Å². The maximum atomic E-state index is 11.4. The van der Waals surface area contributed by atoms with Crippen molar-refractivity contribution in [2.45, 2.75) is 32.2 Å². The van der Waals surface area contributed by atoms with Crippen molar-refractivity contribution in [2.75, 3.05) is 25.7 Å². The number of rotatable bonds is 9. The van der Waals surface area contributed by atoms with Crippen LogP contribution in [-0.4, -0.2) is 40.2 Å². The second-order valence-electron chi connectivity index (χ2n) is 5.03. The molecule has 0 saturated heterocycles. The summed E-state index contributed by atoms with van der Waals surface area (Å²) in [4.78, 5) is 0. The summed E-state index contributed by atoms with van der Waals surface area (Å²) in [5.74, 6) is 1.76. The standard InChI is InChI=1S/C15H25NO4S/c1-4-21(17,18)9-5-6-13(16)10-12-7-8-14(19-2)15(11-12)20-3/h7-8,11,13H,4-6,9-10,16H2,1-3H3. The number of ether oxygens (including phenoxy) is 2. The van der Waals surface area contributed by atoms with E-state index in [-0.39, 0.29) is 17.5 Å². The Labute approximate surface area is 127 Å². The quantitative estimate of drug-likeness (QED) is 0.751. The van der Waals surface area contributed by atoms with Crippen LogP contribution >= 0.6 is 0 Å². The van der Waals surface area contributed by atoms with Gasteiger partial charge < -0.3 is 15.2 Å². The maximum absolute atomic E-state index is 11.4. The smallest absolute Gasteiger partial charge is 0.160 e. The first-order valence-corrected chi connectivity index (χ1v) is 8.91. The molecule has 0 aliphatic heterocycles. The molecule has 1 unspecified atom stereocenters. The Bertz CT molecular complexity index is 543. The van der Waals surface area contributed by atoms with Crippen molar-refractivity contribution in [1.82, 2.24) is 0 Å². The highest BCUT2D eigenvalue weighted by Gasteiger charge is 2.11. The van der Waals surface area contributed by atoms with Crippen molar-refractivity contribution in [3.05, 3.63) is 23.8 Å². The van der Waals surface area contributed by atoms with Crippen molar-refractivity contribution in [3.63, 3.8) is 0 Å². The fourth-order valence-electron chi connectivity index (χ4n) is 2.12. The molecule has 1 atom stereocenters. The third kappa shape index (κ3) is 5.93. The molecule has 21 heavy (non-hydrogen) atoms. The number of hydrogen-bond donors (Lipinski definition) is 1. The second-order valence-corrected chi connectivity index (χ2v) is 7.50. The van der Waals surface area contributed by atoms with Gasteiger partial charge in [-0.1, -0.05) is 13.0 Å². The van der Waals surface area contributed by atoms with Gasteiger partial charge in [-0.15, -0.1) is 0 Å². The minimum absolute atomic E-state index is 0.0600. The van der Waals surface area contributed by atoms with Gasteiger partial charge in [0.25, 0.3) is 0 Å². The summed E-state index contributed by atoms with van der Waals surface area (Å²) < 4.78 is 33.3. The zero-order valence-electron chi connectivity index (χ0n) is 13.0. The number of sulfone groups is 1. The predicted octanol–water partition coefficient (Wildman–Crippen LogP) is 1.79. The molecule has 0 amide bonds. The van der Waals surface area contributed by atoms with E-state index in [4.69, 9.17) is 15.2 Å². The minimum atomic E-state index is -2.90. The Kier molecular flexibility index (Phi) is 6.98. The molecule has 0 heterocycles. The molecule has 5 nitrogen and oxygen atoms in total. The average Bonchev–Trinajstić information content (AvgIpc) is 2.46. The van der Waals surface area contributed by atoms with Gasteiger partial charge in [0.05, 0.1) is 20.0 Å². The molecular weight excluding hydrogens is 290 g/mol. The lowest BCUT2D eigenvalue weighted by molar-refractivity contribution is 0.354. The van der Waals surface area contributed by atoms with Crippen LogP contribution in [0.3, 0.4) is 0 Å². The highest BCUT2D eigenvalue weighted by molar-refractivity contribution is 7.91. The van der Waals surface area contributed by atoms with E-state index in [0.717, 1.165) is 5.56 Å². The van der Waals surface area contributed by atoms with E-state index in [1.54, 1.807) is 21.1 Å². The number of hydrogen-bond acceptors (Lipinski definition) is 5. The molecule has 0 spiro atoms. The number of nitrogens with two attached hydrogens (primary N) is 1. The number of benzene rings is 1. The van der Waals surface area contributed by atoms with Crippen LogP contribution in [0.25, 0.3) is 0 Å². The van der Waals surface area contributed by atoms with Gasteiger partial charge in [-0.05, 0) is 37.0 Å². The first-order chi connectivity index (χ1) is 9.91. The zero-order valence-corrected chi connectivity index (χ0v) is 13.8.